The largest absolute Gasteiger partial charge is 0.385 e. The summed E-state index contributed by atoms with van der Waals surface area (Å²) in [4.78, 5) is 12.3. The van der Waals surface area contributed by atoms with Gasteiger partial charge in [-0.1, -0.05) is 36.4 Å². The van der Waals surface area contributed by atoms with Gasteiger partial charge in [-0.25, -0.2) is 0 Å². The van der Waals surface area contributed by atoms with Crippen LogP contribution in [0, 0.1) is 6.92 Å². The third kappa shape index (κ3) is 4.09. The maximum Gasteiger partial charge on any atom is 0.253 e. The number of anilines is 1. The summed E-state index contributed by atoms with van der Waals surface area (Å²) in [6.45, 7) is 5.56. The Morgan fingerprint density at radius 3 is 2.52 bits per heavy atom. The smallest absolute Gasteiger partial charge is 0.253 e. The minimum absolute atomic E-state index is 0.0277. The van der Waals surface area contributed by atoms with E-state index in [-0.39, 0.29) is 5.91 Å². The van der Waals surface area contributed by atoms with Crippen LogP contribution in [-0.4, -0.2) is 19.0 Å². The van der Waals surface area contributed by atoms with Crippen LogP contribution in [0.1, 0.15) is 28.4 Å². The number of carbonyl (C=O) groups is 1. The summed E-state index contributed by atoms with van der Waals surface area (Å²) in [6.07, 6.45) is 0.849. The number of carbonyl (C=O) groups excluding carboxylic acids is 1. The Labute approximate surface area is 126 Å². The highest BCUT2D eigenvalue weighted by Crippen LogP contribution is 2.14. The van der Waals surface area contributed by atoms with Crippen molar-refractivity contribution in [2.45, 2.75) is 20.3 Å². The van der Waals surface area contributed by atoms with Gasteiger partial charge in [-0.2, -0.15) is 0 Å². The SMILES string of the molecule is CCNc1ccccc1C(=O)NCCc1ccccc1C. The Morgan fingerprint density at radius 2 is 1.76 bits per heavy atom. The van der Waals surface area contributed by atoms with Crippen molar-refractivity contribution in [2.24, 2.45) is 0 Å². The second kappa shape index (κ2) is 7.48. The highest BCUT2D eigenvalue weighted by atomic mass is 16.1. The van der Waals surface area contributed by atoms with Crippen LogP contribution in [0.25, 0.3) is 0 Å². The lowest BCUT2D eigenvalue weighted by Gasteiger charge is -2.11. The van der Waals surface area contributed by atoms with E-state index in [4.69, 9.17) is 0 Å². The molecule has 3 heteroatoms. The fraction of sp³-hybridized carbons (Fsp3) is 0.278. The molecular weight excluding hydrogens is 260 g/mol. The van der Waals surface area contributed by atoms with Gasteiger partial charge in [-0.05, 0) is 43.5 Å². The molecule has 0 aliphatic heterocycles. The first-order valence-corrected chi connectivity index (χ1v) is 7.38. The third-order valence-corrected chi connectivity index (χ3v) is 3.48. The lowest BCUT2D eigenvalue weighted by Crippen LogP contribution is -2.26. The molecule has 0 radical (unpaired) electrons. The van der Waals surface area contributed by atoms with Crippen LogP contribution in [0.3, 0.4) is 0 Å². The number of rotatable bonds is 6. The predicted molar refractivity (Wildman–Crippen MR) is 87.8 cm³/mol. The van der Waals surface area contributed by atoms with Gasteiger partial charge in [0.2, 0.25) is 0 Å². The van der Waals surface area contributed by atoms with Gasteiger partial charge in [0.1, 0.15) is 0 Å². The Balaban J connectivity index is 1.95. The normalized spacial score (nSPS) is 10.2. The van der Waals surface area contributed by atoms with Gasteiger partial charge >= 0.3 is 0 Å². The van der Waals surface area contributed by atoms with Crippen LogP contribution in [0.2, 0.25) is 0 Å². The van der Waals surface area contributed by atoms with Gasteiger partial charge in [-0.15, -0.1) is 0 Å². The molecule has 0 saturated carbocycles. The minimum Gasteiger partial charge on any atom is -0.385 e. The summed E-state index contributed by atoms with van der Waals surface area (Å²) in [5, 5.41) is 6.21. The monoisotopic (exact) mass is 282 g/mol. The average molecular weight is 282 g/mol. The van der Waals surface area contributed by atoms with E-state index >= 15 is 0 Å². The molecule has 2 rings (SSSR count). The molecule has 0 spiro atoms. The zero-order valence-corrected chi connectivity index (χ0v) is 12.6. The Morgan fingerprint density at radius 1 is 1.05 bits per heavy atom. The molecule has 110 valence electrons. The Bertz CT molecular complexity index is 608. The number of aryl methyl sites for hydroxylation is 1. The number of amides is 1. The molecular formula is C18H22N2O. The highest BCUT2D eigenvalue weighted by Gasteiger charge is 2.09. The van der Waals surface area contributed by atoms with E-state index in [1.165, 1.54) is 11.1 Å². The van der Waals surface area contributed by atoms with Gasteiger partial charge in [-0.3, -0.25) is 4.79 Å². The van der Waals surface area contributed by atoms with Crippen molar-refractivity contribution >= 4 is 11.6 Å². The zero-order valence-electron chi connectivity index (χ0n) is 12.6. The second-order valence-electron chi connectivity index (χ2n) is 5.01. The van der Waals surface area contributed by atoms with Gasteiger partial charge < -0.3 is 10.6 Å². The maximum absolute atomic E-state index is 12.3. The van der Waals surface area contributed by atoms with E-state index in [0.29, 0.717) is 12.1 Å². The van der Waals surface area contributed by atoms with E-state index in [1.54, 1.807) is 0 Å². The first kappa shape index (κ1) is 15.1. The van der Waals surface area contributed by atoms with Crippen molar-refractivity contribution in [3.8, 4) is 0 Å². The average Bonchev–Trinajstić information content (AvgIpc) is 2.50. The molecule has 0 aliphatic rings. The van der Waals surface area contributed by atoms with Crippen LogP contribution in [-0.2, 0) is 6.42 Å². The van der Waals surface area contributed by atoms with Crippen molar-refractivity contribution in [2.75, 3.05) is 18.4 Å². The molecule has 0 unspecified atom stereocenters. The summed E-state index contributed by atoms with van der Waals surface area (Å²) in [5.74, 6) is -0.0277. The number of hydrogen-bond acceptors (Lipinski definition) is 2. The molecule has 0 fully saturated rings. The number of hydrogen-bond donors (Lipinski definition) is 2. The van der Waals surface area contributed by atoms with Gasteiger partial charge in [0.25, 0.3) is 5.91 Å². The molecule has 0 aromatic heterocycles. The van der Waals surface area contributed by atoms with Crippen molar-refractivity contribution in [1.29, 1.82) is 0 Å². The maximum atomic E-state index is 12.3. The number of para-hydroxylation sites is 1. The second-order valence-corrected chi connectivity index (χ2v) is 5.01. The fourth-order valence-corrected chi connectivity index (χ4v) is 2.32. The molecule has 0 saturated heterocycles. The molecule has 2 aromatic carbocycles. The van der Waals surface area contributed by atoms with Gasteiger partial charge in [0, 0.05) is 18.8 Å². The molecule has 0 atom stereocenters. The summed E-state index contributed by atoms with van der Waals surface area (Å²) >= 11 is 0. The predicted octanol–water partition coefficient (Wildman–Crippen LogP) is 3.40. The lowest BCUT2D eigenvalue weighted by molar-refractivity contribution is 0.0955. The molecule has 0 aliphatic carbocycles. The van der Waals surface area contributed by atoms with Crippen molar-refractivity contribution in [3.05, 3.63) is 65.2 Å². The Hall–Kier alpha value is -2.29. The van der Waals surface area contributed by atoms with E-state index < -0.39 is 0 Å². The van der Waals surface area contributed by atoms with Gasteiger partial charge in [0.05, 0.1) is 5.56 Å². The highest BCUT2D eigenvalue weighted by molar-refractivity contribution is 5.99. The fourth-order valence-electron chi connectivity index (χ4n) is 2.32. The molecule has 2 aromatic rings. The topological polar surface area (TPSA) is 41.1 Å². The quantitative estimate of drug-likeness (QED) is 0.852. The van der Waals surface area contributed by atoms with Crippen molar-refractivity contribution in [3.63, 3.8) is 0 Å². The van der Waals surface area contributed by atoms with Crippen LogP contribution >= 0.6 is 0 Å². The van der Waals surface area contributed by atoms with Crippen LogP contribution < -0.4 is 10.6 Å². The lowest BCUT2D eigenvalue weighted by atomic mass is 10.1. The van der Waals surface area contributed by atoms with Crippen LogP contribution in [0.5, 0.6) is 0 Å². The first-order chi connectivity index (χ1) is 10.2. The minimum atomic E-state index is -0.0277. The van der Waals surface area contributed by atoms with Crippen LogP contribution in [0.4, 0.5) is 5.69 Å². The molecule has 2 N–H and O–H groups in total. The van der Waals surface area contributed by atoms with E-state index in [1.807, 2.05) is 43.3 Å². The van der Waals surface area contributed by atoms with Crippen molar-refractivity contribution in [1.82, 2.24) is 5.32 Å². The summed E-state index contributed by atoms with van der Waals surface area (Å²) < 4.78 is 0. The molecule has 3 nitrogen and oxygen atoms in total. The number of benzene rings is 2. The first-order valence-electron chi connectivity index (χ1n) is 7.38. The van der Waals surface area contributed by atoms with Gasteiger partial charge in [0.15, 0.2) is 0 Å². The van der Waals surface area contributed by atoms with Crippen LogP contribution in [0.15, 0.2) is 48.5 Å². The number of nitrogens with one attached hydrogen (secondary N) is 2. The van der Waals surface area contributed by atoms with Crippen molar-refractivity contribution < 1.29 is 4.79 Å². The van der Waals surface area contributed by atoms with E-state index in [0.717, 1.165) is 18.7 Å². The molecule has 21 heavy (non-hydrogen) atoms. The summed E-state index contributed by atoms with van der Waals surface area (Å²) in [5.41, 5.74) is 4.12. The third-order valence-electron chi connectivity index (χ3n) is 3.48. The zero-order chi connectivity index (χ0) is 15.1. The molecule has 0 heterocycles. The van der Waals surface area contributed by atoms with E-state index in [2.05, 4.69) is 29.7 Å². The van der Waals surface area contributed by atoms with E-state index in [9.17, 15) is 4.79 Å². The standard InChI is InChI=1S/C18H22N2O/c1-3-19-17-11-7-6-10-16(17)18(21)20-13-12-15-9-5-4-8-14(15)2/h4-11,19H,3,12-13H2,1-2H3,(H,20,21). The summed E-state index contributed by atoms with van der Waals surface area (Å²) in [7, 11) is 0. The summed E-state index contributed by atoms with van der Waals surface area (Å²) in [6, 6.07) is 15.9. The molecule has 0 bridgehead atoms. The molecule has 1 amide bonds. The Kier molecular flexibility index (Phi) is 5.38.